The molecule has 24 heavy (non-hydrogen) atoms. The molecule has 0 aliphatic carbocycles. The summed E-state index contributed by atoms with van der Waals surface area (Å²) in [5, 5.41) is 4.99. The fraction of sp³-hybridized carbons (Fsp3) is 0.368. The van der Waals surface area contributed by atoms with Crippen LogP contribution in [0.5, 0.6) is 0 Å². The summed E-state index contributed by atoms with van der Waals surface area (Å²) in [6.07, 6.45) is 1.70. The number of nitrogens with one attached hydrogen (secondary N) is 1. The van der Waals surface area contributed by atoms with E-state index in [1.54, 1.807) is 0 Å². The van der Waals surface area contributed by atoms with Crippen LogP contribution in [0.2, 0.25) is 0 Å². The first-order valence-electron chi connectivity index (χ1n) is 8.33. The van der Waals surface area contributed by atoms with Crippen LogP contribution < -0.4 is 5.32 Å². The van der Waals surface area contributed by atoms with Gasteiger partial charge in [-0.2, -0.15) is 0 Å². The zero-order valence-electron chi connectivity index (χ0n) is 13.8. The average molecular weight is 342 g/mol. The topological polar surface area (TPSA) is 49.4 Å². The van der Waals surface area contributed by atoms with Gasteiger partial charge in [0.1, 0.15) is 0 Å². The van der Waals surface area contributed by atoms with Crippen LogP contribution >= 0.6 is 11.3 Å². The van der Waals surface area contributed by atoms with Gasteiger partial charge in [-0.3, -0.25) is 9.59 Å². The van der Waals surface area contributed by atoms with Gasteiger partial charge in [0.05, 0.1) is 16.8 Å². The Bertz CT molecular complexity index is 685. The van der Waals surface area contributed by atoms with Crippen molar-refractivity contribution in [2.75, 3.05) is 13.1 Å². The van der Waals surface area contributed by atoms with Crippen molar-refractivity contribution in [3.05, 3.63) is 58.3 Å². The normalized spacial score (nSPS) is 18.9. The number of piperidine rings is 1. The molecule has 0 radical (unpaired) electrons. The predicted molar refractivity (Wildman–Crippen MR) is 95.9 cm³/mol. The summed E-state index contributed by atoms with van der Waals surface area (Å²) in [4.78, 5) is 27.6. The van der Waals surface area contributed by atoms with Gasteiger partial charge in [0.25, 0.3) is 5.91 Å². The van der Waals surface area contributed by atoms with E-state index in [1.165, 1.54) is 11.3 Å². The molecule has 126 valence electrons. The Morgan fingerprint density at radius 2 is 2.00 bits per heavy atom. The molecule has 0 bridgehead atoms. The number of carbonyl (C=O) groups is 2. The van der Waals surface area contributed by atoms with Gasteiger partial charge < -0.3 is 10.2 Å². The maximum atomic E-state index is 12.6. The van der Waals surface area contributed by atoms with Gasteiger partial charge in [-0.05, 0) is 36.8 Å². The second-order valence-electron chi connectivity index (χ2n) is 6.21. The number of nitrogens with zero attached hydrogens (tertiary/aromatic N) is 1. The van der Waals surface area contributed by atoms with Crippen molar-refractivity contribution in [1.82, 2.24) is 10.2 Å². The second kappa shape index (κ2) is 7.62. The summed E-state index contributed by atoms with van der Waals surface area (Å²) in [6, 6.07) is 13.6. The van der Waals surface area contributed by atoms with E-state index in [0.717, 1.165) is 29.8 Å². The van der Waals surface area contributed by atoms with Gasteiger partial charge >= 0.3 is 0 Å². The number of hydrogen-bond acceptors (Lipinski definition) is 3. The SMILES string of the molecule is C[C@@H](NC(=O)[C@@H]1CCCN(C(=O)c2cccs2)C1)c1ccccc1. The van der Waals surface area contributed by atoms with E-state index in [-0.39, 0.29) is 23.8 Å². The molecule has 4 nitrogen and oxygen atoms in total. The Morgan fingerprint density at radius 1 is 1.21 bits per heavy atom. The summed E-state index contributed by atoms with van der Waals surface area (Å²) >= 11 is 1.45. The molecule has 1 aromatic heterocycles. The Morgan fingerprint density at radius 3 is 2.71 bits per heavy atom. The molecule has 1 aliphatic rings. The first-order chi connectivity index (χ1) is 11.6. The predicted octanol–water partition coefficient (Wildman–Crippen LogP) is 3.48. The minimum absolute atomic E-state index is 0.0259. The summed E-state index contributed by atoms with van der Waals surface area (Å²) in [6.45, 7) is 3.23. The van der Waals surface area contributed by atoms with E-state index < -0.39 is 0 Å². The molecule has 0 saturated carbocycles. The second-order valence-corrected chi connectivity index (χ2v) is 7.16. The van der Waals surface area contributed by atoms with E-state index >= 15 is 0 Å². The van der Waals surface area contributed by atoms with Gasteiger partial charge in [-0.1, -0.05) is 36.4 Å². The molecule has 1 fully saturated rings. The highest BCUT2D eigenvalue weighted by molar-refractivity contribution is 7.12. The van der Waals surface area contributed by atoms with E-state index in [2.05, 4.69) is 5.32 Å². The summed E-state index contributed by atoms with van der Waals surface area (Å²) in [5.74, 6) is -0.0533. The Kier molecular flexibility index (Phi) is 5.30. The zero-order chi connectivity index (χ0) is 16.9. The van der Waals surface area contributed by atoms with E-state index in [0.29, 0.717) is 6.54 Å². The van der Waals surface area contributed by atoms with Crippen LogP contribution in [0.4, 0.5) is 0 Å². The lowest BCUT2D eigenvalue weighted by molar-refractivity contribution is -0.127. The standard InChI is InChI=1S/C19H22N2O2S/c1-14(15-7-3-2-4-8-15)20-18(22)16-9-5-11-21(13-16)19(23)17-10-6-12-24-17/h2-4,6-8,10,12,14,16H,5,9,11,13H2,1H3,(H,20,22)/t14-,16-/m1/s1. The summed E-state index contributed by atoms with van der Waals surface area (Å²) < 4.78 is 0. The molecule has 0 unspecified atom stereocenters. The van der Waals surface area contributed by atoms with Crippen LogP contribution in [-0.2, 0) is 4.79 Å². The van der Waals surface area contributed by atoms with Crippen LogP contribution in [0.25, 0.3) is 0 Å². The molecule has 1 aromatic carbocycles. The van der Waals surface area contributed by atoms with Crippen LogP contribution in [0, 0.1) is 5.92 Å². The monoisotopic (exact) mass is 342 g/mol. The van der Waals surface area contributed by atoms with E-state index in [4.69, 9.17) is 0 Å². The van der Waals surface area contributed by atoms with Crippen molar-refractivity contribution in [3.63, 3.8) is 0 Å². The summed E-state index contributed by atoms with van der Waals surface area (Å²) in [7, 11) is 0. The van der Waals surface area contributed by atoms with Crippen molar-refractivity contribution in [1.29, 1.82) is 0 Å². The minimum atomic E-state index is -0.131. The van der Waals surface area contributed by atoms with Crippen molar-refractivity contribution in [2.45, 2.75) is 25.8 Å². The van der Waals surface area contributed by atoms with Crippen molar-refractivity contribution in [2.24, 2.45) is 5.92 Å². The van der Waals surface area contributed by atoms with Crippen LogP contribution in [0.15, 0.2) is 47.8 Å². The number of benzene rings is 1. The molecule has 2 aromatic rings. The molecular weight excluding hydrogens is 320 g/mol. The van der Waals surface area contributed by atoms with Gasteiger partial charge in [0.15, 0.2) is 0 Å². The smallest absolute Gasteiger partial charge is 0.263 e. The zero-order valence-corrected chi connectivity index (χ0v) is 14.6. The van der Waals surface area contributed by atoms with Crippen LogP contribution in [-0.4, -0.2) is 29.8 Å². The molecule has 2 heterocycles. The maximum absolute atomic E-state index is 12.6. The highest BCUT2D eigenvalue weighted by Crippen LogP contribution is 2.22. The Balaban J connectivity index is 1.60. The number of carbonyl (C=O) groups excluding carboxylic acids is 2. The quantitative estimate of drug-likeness (QED) is 0.925. The third-order valence-electron chi connectivity index (χ3n) is 4.47. The number of rotatable bonds is 4. The number of likely N-dealkylation sites (tertiary alicyclic amines) is 1. The molecule has 1 saturated heterocycles. The lowest BCUT2D eigenvalue weighted by atomic mass is 9.96. The third kappa shape index (κ3) is 3.85. The molecule has 3 rings (SSSR count). The van der Waals surface area contributed by atoms with Gasteiger partial charge in [0.2, 0.25) is 5.91 Å². The van der Waals surface area contributed by atoms with Gasteiger partial charge in [0, 0.05) is 13.1 Å². The summed E-state index contributed by atoms with van der Waals surface area (Å²) in [5.41, 5.74) is 1.09. The average Bonchev–Trinajstić information content (AvgIpc) is 3.16. The van der Waals surface area contributed by atoms with Crippen molar-refractivity contribution < 1.29 is 9.59 Å². The molecule has 1 aliphatic heterocycles. The fourth-order valence-corrected chi connectivity index (χ4v) is 3.78. The lowest BCUT2D eigenvalue weighted by Crippen LogP contribution is -2.45. The highest BCUT2D eigenvalue weighted by atomic mass is 32.1. The fourth-order valence-electron chi connectivity index (χ4n) is 3.09. The molecular formula is C19H22N2O2S. The van der Waals surface area contributed by atoms with E-state index in [1.807, 2.05) is 59.7 Å². The van der Waals surface area contributed by atoms with Crippen molar-refractivity contribution >= 4 is 23.2 Å². The van der Waals surface area contributed by atoms with Crippen LogP contribution in [0.1, 0.15) is 41.0 Å². The highest BCUT2D eigenvalue weighted by Gasteiger charge is 2.29. The number of hydrogen-bond donors (Lipinski definition) is 1. The first-order valence-corrected chi connectivity index (χ1v) is 9.21. The molecule has 5 heteroatoms. The Hall–Kier alpha value is -2.14. The first kappa shape index (κ1) is 16.7. The molecule has 0 spiro atoms. The van der Waals surface area contributed by atoms with Gasteiger partial charge in [-0.15, -0.1) is 11.3 Å². The maximum Gasteiger partial charge on any atom is 0.263 e. The van der Waals surface area contributed by atoms with Crippen molar-refractivity contribution in [3.8, 4) is 0 Å². The van der Waals surface area contributed by atoms with Gasteiger partial charge in [-0.25, -0.2) is 0 Å². The number of thiophene rings is 1. The largest absolute Gasteiger partial charge is 0.349 e. The Labute approximate surface area is 146 Å². The number of amides is 2. The molecule has 2 atom stereocenters. The van der Waals surface area contributed by atoms with E-state index in [9.17, 15) is 9.59 Å². The molecule has 1 N–H and O–H groups in total. The minimum Gasteiger partial charge on any atom is -0.349 e. The van der Waals surface area contributed by atoms with Crippen LogP contribution in [0.3, 0.4) is 0 Å². The third-order valence-corrected chi connectivity index (χ3v) is 5.33. The molecule has 2 amide bonds. The lowest BCUT2D eigenvalue weighted by Gasteiger charge is -2.32.